The van der Waals surface area contributed by atoms with Gasteiger partial charge in [-0.2, -0.15) is 5.10 Å². The second-order valence-corrected chi connectivity index (χ2v) is 6.26. The molecule has 0 unspecified atom stereocenters. The van der Waals surface area contributed by atoms with Crippen LogP contribution in [0.2, 0.25) is 0 Å². The average molecular weight is 344 g/mol. The molecule has 0 aliphatic rings. The molecule has 0 saturated heterocycles. The molecule has 2 N–H and O–H groups in total. The molecule has 6 heteroatoms. The van der Waals surface area contributed by atoms with Crippen molar-refractivity contribution in [2.75, 3.05) is 7.11 Å². The zero-order valence-corrected chi connectivity index (χ0v) is 15.9. The Bertz CT molecular complexity index is 752. The van der Waals surface area contributed by atoms with Gasteiger partial charge in [0, 0.05) is 29.9 Å². The Kier molecular flexibility index (Phi) is 6.07. The Morgan fingerprint density at radius 1 is 1.32 bits per heavy atom. The predicted octanol–water partition coefficient (Wildman–Crippen LogP) is 3.40. The van der Waals surface area contributed by atoms with Crippen molar-refractivity contribution in [1.29, 1.82) is 0 Å². The van der Waals surface area contributed by atoms with Crippen LogP contribution in [0.3, 0.4) is 0 Å². The molecule has 2 rings (SSSR count). The zero-order chi connectivity index (χ0) is 18.6. The maximum Gasteiger partial charge on any atom is 0.315 e. The first kappa shape index (κ1) is 18.8. The molecular formula is C19H28N4O2. The molecule has 0 aliphatic carbocycles. The highest BCUT2D eigenvalue weighted by Crippen LogP contribution is 2.26. The summed E-state index contributed by atoms with van der Waals surface area (Å²) in [6, 6.07) is 5.58. The molecule has 1 heterocycles. The van der Waals surface area contributed by atoms with E-state index >= 15 is 0 Å². The maximum atomic E-state index is 12.3. The fraction of sp³-hybridized carbons (Fsp3) is 0.474. The predicted molar refractivity (Wildman–Crippen MR) is 98.9 cm³/mol. The van der Waals surface area contributed by atoms with Crippen molar-refractivity contribution < 1.29 is 9.53 Å². The number of rotatable bonds is 6. The van der Waals surface area contributed by atoms with Crippen LogP contribution >= 0.6 is 0 Å². The minimum absolute atomic E-state index is 0.157. The molecular weight excluding hydrogens is 316 g/mol. The minimum atomic E-state index is -0.209. The number of hydrogen-bond donors (Lipinski definition) is 2. The minimum Gasteiger partial charge on any atom is -0.496 e. The second-order valence-electron chi connectivity index (χ2n) is 6.26. The van der Waals surface area contributed by atoms with Gasteiger partial charge in [0.2, 0.25) is 0 Å². The molecule has 0 aliphatic heterocycles. The third-order valence-corrected chi connectivity index (χ3v) is 4.46. The second kappa shape index (κ2) is 8.05. The zero-order valence-electron chi connectivity index (χ0n) is 15.9. The molecule has 136 valence electrons. The molecule has 0 fully saturated rings. The first-order chi connectivity index (χ1) is 11.9. The number of aryl methyl sites for hydroxylation is 3. The van der Waals surface area contributed by atoms with E-state index in [0.29, 0.717) is 6.54 Å². The maximum absolute atomic E-state index is 12.3. The Morgan fingerprint density at radius 2 is 2.04 bits per heavy atom. The average Bonchev–Trinajstić information content (AvgIpc) is 2.86. The summed E-state index contributed by atoms with van der Waals surface area (Å²) < 4.78 is 7.35. The van der Waals surface area contributed by atoms with Gasteiger partial charge in [-0.15, -0.1) is 0 Å². The third-order valence-electron chi connectivity index (χ3n) is 4.46. The van der Waals surface area contributed by atoms with Gasteiger partial charge in [0.15, 0.2) is 0 Å². The molecule has 25 heavy (non-hydrogen) atoms. The number of methoxy groups -OCH3 is 1. The number of amides is 2. The highest BCUT2D eigenvalue weighted by Gasteiger charge is 2.16. The molecule has 0 radical (unpaired) electrons. The fourth-order valence-electron chi connectivity index (χ4n) is 2.98. The summed E-state index contributed by atoms with van der Waals surface area (Å²) in [5, 5.41) is 10.4. The van der Waals surface area contributed by atoms with Crippen LogP contribution in [0.4, 0.5) is 4.79 Å². The molecule has 2 amide bonds. The van der Waals surface area contributed by atoms with Crippen LogP contribution in [0.5, 0.6) is 5.75 Å². The summed E-state index contributed by atoms with van der Waals surface area (Å²) in [5.74, 6) is 0.773. The lowest BCUT2D eigenvalue weighted by Crippen LogP contribution is -2.37. The molecule has 1 atom stereocenters. The number of aromatic nitrogens is 2. The number of benzene rings is 1. The van der Waals surface area contributed by atoms with Gasteiger partial charge in [-0.1, -0.05) is 17.7 Å². The van der Waals surface area contributed by atoms with E-state index in [9.17, 15) is 4.79 Å². The van der Waals surface area contributed by atoms with Gasteiger partial charge in [-0.25, -0.2) is 4.79 Å². The van der Waals surface area contributed by atoms with Crippen LogP contribution in [0.25, 0.3) is 0 Å². The topological polar surface area (TPSA) is 68.2 Å². The number of carbonyl (C=O) groups is 1. The van der Waals surface area contributed by atoms with Crippen molar-refractivity contribution in [2.24, 2.45) is 0 Å². The van der Waals surface area contributed by atoms with Crippen molar-refractivity contribution in [3.05, 3.63) is 46.3 Å². The van der Waals surface area contributed by atoms with Gasteiger partial charge in [0.1, 0.15) is 5.75 Å². The molecule has 0 saturated carbocycles. The normalized spacial score (nSPS) is 11.9. The van der Waals surface area contributed by atoms with E-state index in [4.69, 9.17) is 4.74 Å². The summed E-state index contributed by atoms with van der Waals surface area (Å²) in [6.45, 7) is 11.3. The van der Waals surface area contributed by atoms with E-state index in [1.165, 1.54) is 0 Å². The Morgan fingerprint density at radius 3 is 2.64 bits per heavy atom. The molecule has 1 aromatic carbocycles. The first-order valence-corrected chi connectivity index (χ1v) is 8.59. The first-order valence-electron chi connectivity index (χ1n) is 8.59. The van der Waals surface area contributed by atoms with Crippen molar-refractivity contribution in [3.63, 3.8) is 0 Å². The number of hydrogen-bond acceptors (Lipinski definition) is 3. The quantitative estimate of drug-likeness (QED) is 0.844. The lowest BCUT2D eigenvalue weighted by atomic mass is 10.0. The lowest BCUT2D eigenvalue weighted by molar-refractivity contribution is 0.237. The summed E-state index contributed by atoms with van der Waals surface area (Å²) in [6.07, 6.45) is 0. The van der Waals surface area contributed by atoms with Gasteiger partial charge < -0.3 is 15.4 Å². The van der Waals surface area contributed by atoms with Crippen molar-refractivity contribution in [2.45, 2.75) is 53.8 Å². The van der Waals surface area contributed by atoms with Crippen LogP contribution in [0.1, 0.15) is 48.0 Å². The van der Waals surface area contributed by atoms with Gasteiger partial charge in [-0.05, 0) is 40.7 Å². The Hall–Kier alpha value is -2.50. The van der Waals surface area contributed by atoms with E-state index in [2.05, 4.69) is 22.7 Å². The molecule has 0 spiro atoms. The van der Waals surface area contributed by atoms with E-state index < -0.39 is 0 Å². The highest BCUT2D eigenvalue weighted by atomic mass is 16.5. The van der Waals surface area contributed by atoms with E-state index in [-0.39, 0.29) is 12.1 Å². The monoisotopic (exact) mass is 344 g/mol. The van der Waals surface area contributed by atoms with Crippen LogP contribution < -0.4 is 15.4 Å². The lowest BCUT2D eigenvalue weighted by Gasteiger charge is -2.18. The number of ether oxygens (including phenoxy) is 1. The number of nitrogens with zero attached hydrogens (tertiary/aromatic N) is 2. The Balaban J connectivity index is 2.01. The molecule has 0 bridgehead atoms. The number of nitrogens with one attached hydrogen (secondary N) is 2. The van der Waals surface area contributed by atoms with Gasteiger partial charge in [-0.3, -0.25) is 4.68 Å². The van der Waals surface area contributed by atoms with Gasteiger partial charge in [0.05, 0.1) is 18.8 Å². The van der Waals surface area contributed by atoms with E-state index in [1.54, 1.807) is 7.11 Å². The standard InChI is InChI=1S/C19H28N4O2/c1-7-23-15(5)17(14(4)22-23)11-20-19(24)21-13(3)16-10-12(2)8-9-18(16)25-6/h8-10,13H,7,11H2,1-6H3,(H2,20,21,24)/t13-/m0/s1. The van der Waals surface area contributed by atoms with Gasteiger partial charge in [0.25, 0.3) is 0 Å². The summed E-state index contributed by atoms with van der Waals surface area (Å²) in [4.78, 5) is 12.3. The van der Waals surface area contributed by atoms with Crippen LogP contribution in [0, 0.1) is 20.8 Å². The number of urea groups is 1. The summed E-state index contributed by atoms with van der Waals surface area (Å²) in [7, 11) is 1.64. The van der Waals surface area contributed by atoms with Crippen LogP contribution in [-0.4, -0.2) is 22.9 Å². The summed E-state index contributed by atoms with van der Waals surface area (Å²) >= 11 is 0. The van der Waals surface area contributed by atoms with Gasteiger partial charge >= 0.3 is 6.03 Å². The fourth-order valence-corrected chi connectivity index (χ4v) is 2.98. The Labute approximate surface area is 149 Å². The molecule has 6 nitrogen and oxygen atoms in total. The van der Waals surface area contributed by atoms with E-state index in [1.807, 2.05) is 50.6 Å². The molecule has 1 aromatic heterocycles. The van der Waals surface area contributed by atoms with Crippen molar-refractivity contribution in [3.8, 4) is 5.75 Å². The largest absolute Gasteiger partial charge is 0.496 e. The van der Waals surface area contributed by atoms with E-state index in [0.717, 1.165) is 40.4 Å². The third kappa shape index (κ3) is 4.32. The number of carbonyl (C=O) groups excluding carboxylic acids is 1. The smallest absolute Gasteiger partial charge is 0.315 e. The van der Waals surface area contributed by atoms with Crippen molar-refractivity contribution in [1.82, 2.24) is 20.4 Å². The summed E-state index contributed by atoms with van der Waals surface area (Å²) in [5.41, 5.74) is 5.20. The highest BCUT2D eigenvalue weighted by molar-refractivity contribution is 5.74. The van der Waals surface area contributed by atoms with Crippen LogP contribution in [0.15, 0.2) is 18.2 Å². The van der Waals surface area contributed by atoms with Crippen molar-refractivity contribution >= 4 is 6.03 Å². The SMILES string of the molecule is CCn1nc(C)c(CNC(=O)N[C@@H](C)c2cc(C)ccc2OC)c1C. The van der Waals surface area contributed by atoms with Crippen LogP contribution in [-0.2, 0) is 13.1 Å². The molecule has 2 aromatic rings.